The molecule has 1 saturated heterocycles. The highest BCUT2D eigenvalue weighted by molar-refractivity contribution is 6.70. The first kappa shape index (κ1) is 46.4. The Labute approximate surface area is 342 Å². The van der Waals surface area contributed by atoms with E-state index in [0.29, 0.717) is 37.9 Å². The number of H-pyrrole nitrogens is 1. The Morgan fingerprint density at radius 2 is 1.62 bits per heavy atom. The number of ether oxygens (including phenoxy) is 1. The number of aliphatic hydroxyl groups is 1. The van der Waals surface area contributed by atoms with Crippen LogP contribution in [-0.4, -0.2) is 118 Å². The molecule has 3 aromatic rings. The zero-order valence-electron chi connectivity index (χ0n) is 35.6. The van der Waals surface area contributed by atoms with Crippen LogP contribution < -0.4 is 10.9 Å². The quantitative estimate of drug-likeness (QED) is 0.0875. The fraction of sp³-hybridized carbons (Fsp3) is 0.634. The van der Waals surface area contributed by atoms with Crippen molar-refractivity contribution in [2.75, 3.05) is 39.1 Å². The van der Waals surface area contributed by atoms with Gasteiger partial charge in [0, 0.05) is 58.4 Å². The third kappa shape index (κ3) is 12.4. The molecule has 58 heavy (non-hydrogen) atoms. The molecule has 320 valence electrons. The number of nitrogens with one attached hydrogen (secondary N) is 2. The number of aromatic nitrogens is 4. The van der Waals surface area contributed by atoms with Crippen LogP contribution in [-0.2, 0) is 28.0 Å². The molecule has 0 radical (unpaired) electrons. The van der Waals surface area contributed by atoms with Crippen LogP contribution in [0.3, 0.4) is 0 Å². The van der Waals surface area contributed by atoms with Gasteiger partial charge < -0.3 is 33.3 Å². The number of anilines is 1. The highest BCUT2D eigenvalue weighted by atomic mass is 28.4. The number of unbranched alkanes of at least 4 members (excludes halogenated alkanes) is 2. The predicted octanol–water partition coefficient (Wildman–Crippen LogP) is 5.33. The molecular formula is C41H63N7O9Si. The molecule has 2 aromatic heterocycles. The van der Waals surface area contributed by atoms with Crippen molar-refractivity contribution in [2.24, 2.45) is 0 Å². The first-order valence-corrected chi connectivity index (χ1v) is 22.3. The van der Waals surface area contributed by atoms with E-state index in [-0.39, 0.29) is 65.2 Å². The van der Waals surface area contributed by atoms with E-state index >= 15 is 0 Å². The summed E-state index contributed by atoms with van der Waals surface area (Å²) in [5.41, 5.74) is -0.568. The van der Waals surface area contributed by atoms with Crippen LogP contribution in [0, 0.1) is 0 Å². The summed E-state index contributed by atoms with van der Waals surface area (Å²) in [5, 5.41) is 13.8. The summed E-state index contributed by atoms with van der Waals surface area (Å²) in [4.78, 5) is 77.1. The molecule has 3 N–H and O–H groups in total. The van der Waals surface area contributed by atoms with Crippen LogP contribution in [0.15, 0.2) is 41.5 Å². The van der Waals surface area contributed by atoms with E-state index in [4.69, 9.17) is 13.6 Å². The number of carbonyl (C=O) groups is 4. The number of hydrogen-bond acceptors (Lipinski definition) is 11. The molecule has 0 bridgehead atoms. The summed E-state index contributed by atoms with van der Waals surface area (Å²) in [6.45, 7) is 14.7. The summed E-state index contributed by atoms with van der Waals surface area (Å²) in [6, 6.07) is 8.55. The molecule has 16 nitrogen and oxygen atoms in total. The fourth-order valence-corrected chi connectivity index (χ4v) is 11.0. The third-order valence-electron chi connectivity index (χ3n) is 10.7. The van der Waals surface area contributed by atoms with Gasteiger partial charge in [0.25, 0.3) is 11.5 Å². The topological polar surface area (TPSA) is 198 Å². The van der Waals surface area contributed by atoms with Crippen LogP contribution >= 0.6 is 0 Å². The molecule has 3 heterocycles. The van der Waals surface area contributed by atoms with Crippen molar-refractivity contribution in [2.45, 2.75) is 135 Å². The molecule has 1 aromatic carbocycles. The second-order valence-electron chi connectivity index (χ2n) is 16.6. The lowest BCUT2D eigenvalue weighted by molar-refractivity contribution is -0.134. The first-order chi connectivity index (χ1) is 27.3. The number of fused-ring (bicyclic) bond motifs is 1. The van der Waals surface area contributed by atoms with Crippen LogP contribution in [0.5, 0.6) is 0 Å². The van der Waals surface area contributed by atoms with Crippen molar-refractivity contribution >= 4 is 49.2 Å². The lowest BCUT2D eigenvalue weighted by Crippen LogP contribution is -2.54. The molecule has 1 aliphatic rings. The van der Waals surface area contributed by atoms with Crippen molar-refractivity contribution in [1.29, 1.82) is 0 Å². The highest BCUT2D eigenvalue weighted by Crippen LogP contribution is 2.40. The predicted molar refractivity (Wildman–Crippen MR) is 222 cm³/mol. The number of rotatable bonds is 22. The standard InChI is InChI=1S/C41H63N7O9Si/c1-27(2)58(28(3)4,57-41(6,7)21-20-34(52)47(9)23-22-46(8)33(51)19-15-10-12-16-29(5)49)55-25-32-31(50)24-35(56-32)48-26-42-36-37(48)43-40(45-39(36)54)44-38(53)30-17-13-11-14-18-30/h11,13-14,17-18,26-28,31-32,35,50H,10,12,15-16,19-25H2,1-9H3,(H2,43,44,45,53,54)/t31-,32+,35+/m0/s1. The van der Waals surface area contributed by atoms with E-state index in [1.165, 1.54) is 6.33 Å². The maximum atomic E-state index is 13.2. The maximum absolute atomic E-state index is 13.2. The van der Waals surface area contributed by atoms with E-state index < -0.39 is 44.1 Å². The molecule has 0 aliphatic carbocycles. The monoisotopic (exact) mass is 825 g/mol. The number of imidazole rings is 1. The van der Waals surface area contributed by atoms with Gasteiger partial charge in [-0.15, -0.1) is 0 Å². The number of ketones is 1. The Hall–Kier alpha value is -4.29. The molecule has 1 fully saturated rings. The summed E-state index contributed by atoms with van der Waals surface area (Å²) in [7, 11) is 0.454. The largest absolute Gasteiger partial charge is 0.391 e. The molecule has 3 amide bonds. The number of benzene rings is 1. The molecule has 0 unspecified atom stereocenters. The van der Waals surface area contributed by atoms with Crippen molar-refractivity contribution in [3.8, 4) is 0 Å². The van der Waals surface area contributed by atoms with Gasteiger partial charge in [-0.05, 0) is 63.2 Å². The smallest absolute Gasteiger partial charge is 0.343 e. The Morgan fingerprint density at radius 1 is 1.00 bits per heavy atom. The lowest BCUT2D eigenvalue weighted by Gasteiger charge is -2.44. The van der Waals surface area contributed by atoms with Crippen molar-refractivity contribution < 1.29 is 37.9 Å². The van der Waals surface area contributed by atoms with Gasteiger partial charge >= 0.3 is 8.56 Å². The summed E-state index contributed by atoms with van der Waals surface area (Å²) in [5.74, 6) is -0.348. The van der Waals surface area contributed by atoms with Gasteiger partial charge in [0.1, 0.15) is 18.1 Å². The SMILES string of the molecule is CC(=O)CCCCCC(=O)N(C)CCN(C)C(=O)CCC(C)(C)O[Si](OC[C@H]1O[C@@H](n2cnc3c(=O)[nH]c(NC(=O)c4ccccc4)nc32)C[C@@H]1O)(C(C)C)C(C)C. The van der Waals surface area contributed by atoms with Crippen LogP contribution in [0.4, 0.5) is 5.95 Å². The van der Waals surface area contributed by atoms with Gasteiger partial charge in [0.15, 0.2) is 11.2 Å². The normalized spacial score (nSPS) is 17.3. The van der Waals surface area contributed by atoms with Crippen LogP contribution in [0.25, 0.3) is 11.2 Å². The molecular weight excluding hydrogens is 763 g/mol. The van der Waals surface area contributed by atoms with Gasteiger partial charge in [0.2, 0.25) is 17.8 Å². The summed E-state index contributed by atoms with van der Waals surface area (Å²) in [6.07, 6.45) is 3.31. The fourth-order valence-electron chi connectivity index (χ4n) is 7.13. The average Bonchev–Trinajstić information content (AvgIpc) is 3.77. The van der Waals surface area contributed by atoms with E-state index in [1.807, 2.05) is 13.8 Å². The Kier molecular flexibility index (Phi) is 16.5. The van der Waals surface area contributed by atoms with Gasteiger partial charge in [-0.1, -0.05) is 52.3 Å². The number of aliphatic hydroxyl groups excluding tert-OH is 1. The number of hydrogen-bond donors (Lipinski definition) is 3. The zero-order valence-corrected chi connectivity index (χ0v) is 36.6. The van der Waals surface area contributed by atoms with Crippen molar-refractivity contribution in [3.05, 3.63) is 52.6 Å². The third-order valence-corrected chi connectivity index (χ3v) is 15.4. The molecule has 1 aliphatic heterocycles. The van der Waals surface area contributed by atoms with Gasteiger partial charge in [-0.3, -0.25) is 34.0 Å². The molecule has 4 rings (SSSR count). The van der Waals surface area contributed by atoms with Crippen LogP contribution in [0.1, 0.15) is 116 Å². The maximum Gasteiger partial charge on any atom is 0.343 e. The van der Waals surface area contributed by atoms with E-state index in [9.17, 15) is 29.1 Å². The molecule has 17 heteroatoms. The van der Waals surface area contributed by atoms with Crippen molar-refractivity contribution in [3.63, 3.8) is 0 Å². The number of aromatic amines is 1. The molecule has 3 atom stereocenters. The minimum absolute atomic E-state index is 0.0136. The van der Waals surface area contributed by atoms with Crippen molar-refractivity contribution in [1.82, 2.24) is 29.3 Å². The summed E-state index contributed by atoms with van der Waals surface area (Å²) >= 11 is 0. The number of amides is 3. The second kappa shape index (κ2) is 20.6. The second-order valence-corrected chi connectivity index (χ2v) is 20.8. The minimum atomic E-state index is -3.03. The lowest BCUT2D eigenvalue weighted by atomic mass is 10.0. The van der Waals surface area contributed by atoms with E-state index in [0.717, 1.165) is 19.3 Å². The number of nitrogens with zero attached hydrogens (tertiary/aromatic N) is 5. The average molecular weight is 826 g/mol. The number of carbonyl (C=O) groups excluding carboxylic acids is 4. The summed E-state index contributed by atoms with van der Waals surface area (Å²) < 4.78 is 21.6. The Balaban J connectivity index is 1.34. The first-order valence-electron chi connectivity index (χ1n) is 20.3. The van der Waals surface area contributed by atoms with Gasteiger partial charge in [-0.2, -0.15) is 4.98 Å². The van der Waals surface area contributed by atoms with E-state index in [2.05, 4.69) is 48.0 Å². The molecule has 0 saturated carbocycles. The highest BCUT2D eigenvalue weighted by Gasteiger charge is 2.50. The van der Waals surface area contributed by atoms with Gasteiger partial charge in [0.05, 0.1) is 24.6 Å². The number of likely N-dealkylation sites (N-methyl/N-ethyl adjacent to an activating group) is 2. The number of Topliss-reactive ketones (excluding diaryl/α,β-unsaturated/α-hetero) is 1. The van der Waals surface area contributed by atoms with E-state index in [1.54, 1.807) is 65.7 Å². The molecule has 0 spiro atoms. The zero-order chi connectivity index (χ0) is 42.8. The minimum Gasteiger partial charge on any atom is -0.391 e. The Bertz CT molecular complexity index is 1910. The van der Waals surface area contributed by atoms with Gasteiger partial charge in [-0.25, -0.2) is 4.98 Å². The Morgan fingerprint density at radius 3 is 2.24 bits per heavy atom. The van der Waals surface area contributed by atoms with Crippen LogP contribution in [0.2, 0.25) is 11.1 Å².